The molecule has 45 heavy (non-hydrogen) atoms. The van der Waals surface area contributed by atoms with E-state index in [1.54, 1.807) is 41.3 Å². The number of carbonyl (C=O) groups is 3. The number of benzene rings is 2. The molecule has 16 heteroatoms. The van der Waals surface area contributed by atoms with Gasteiger partial charge in [0.1, 0.15) is 6.61 Å². The summed E-state index contributed by atoms with van der Waals surface area (Å²) >= 11 is 13.0. The number of nitrogens with zero attached hydrogens (tertiary/aromatic N) is 3. The third-order valence-corrected chi connectivity index (χ3v) is 8.97. The van der Waals surface area contributed by atoms with Crippen LogP contribution in [0.3, 0.4) is 0 Å². The average Bonchev–Trinajstić information content (AvgIpc) is 3.43. The number of ether oxygens (including phenoxy) is 1. The highest BCUT2D eigenvalue weighted by Crippen LogP contribution is 2.47. The van der Waals surface area contributed by atoms with Crippen molar-refractivity contribution in [3.05, 3.63) is 80.9 Å². The number of hydrogen-bond acceptors (Lipinski definition) is 10. The molecule has 1 aliphatic carbocycles. The first-order valence-corrected chi connectivity index (χ1v) is 16.8. The van der Waals surface area contributed by atoms with Crippen LogP contribution in [0.2, 0.25) is 10.0 Å². The van der Waals surface area contributed by atoms with Crippen LogP contribution in [0, 0.1) is 0 Å². The topological polar surface area (TPSA) is 170 Å². The molecule has 2 aliphatic rings. The summed E-state index contributed by atoms with van der Waals surface area (Å²) in [6.07, 6.45) is 3.61. The van der Waals surface area contributed by atoms with Gasteiger partial charge in [-0.1, -0.05) is 65.5 Å². The van der Waals surface area contributed by atoms with E-state index in [1.807, 2.05) is 0 Å². The van der Waals surface area contributed by atoms with Crippen molar-refractivity contribution in [1.82, 2.24) is 25.2 Å². The lowest BCUT2D eigenvalue weighted by Gasteiger charge is -2.49. The van der Waals surface area contributed by atoms with Gasteiger partial charge in [-0.2, -0.15) is 4.98 Å². The summed E-state index contributed by atoms with van der Waals surface area (Å²) in [6, 6.07) is 9.45. The fraction of sp³-hybridized carbons (Fsp3) is 0.414. The fourth-order valence-corrected chi connectivity index (χ4v) is 7.28. The van der Waals surface area contributed by atoms with Gasteiger partial charge in [0.15, 0.2) is 12.4 Å². The molecule has 240 valence electrons. The van der Waals surface area contributed by atoms with Crippen LogP contribution in [0.5, 0.6) is 0 Å². The average molecular weight is 681 g/mol. The Labute approximate surface area is 269 Å². The first-order valence-electron chi connectivity index (χ1n) is 14.1. The van der Waals surface area contributed by atoms with Crippen LogP contribution < -0.4 is 10.2 Å². The Morgan fingerprint density at radius 2 is 1.84 bits per heavy atom. The molecule has 1 aromatic heterocycles. The minimum absolute atomic E-state index is 0.0488. The molecule has 0 bridgehead atoms. The van der Waals surface area contributed by atoms with Crippen molar-refractivity contribution >= 4 is 51.0 Å². The van der Waals surface area contributed by atoms with Gasteiger partial charge in [-0.05, 0) is 42.2 Å². The lowest BCUT2D eigenvalue weighted by molar-refractivity contribution is -0.143. The Kier molecular flexibility index (Phi) is 10.1. The zero-order chi connectivity index (χ0) is 32.3. The van der Waals surface area contributed by atoms with E-state index in [-0.39, 0.29) is 35.9 Å². The summed E-state index contributed by atoms with van der Waals surface area (Å²) in [5.41, 5.74) is 3.66. The van der Waals surface area contributed by atoms with E-state index >= 15 is 0 Å². The Bertz CT molecular complexity index is 1700. The molecular formula is C29H31Cl2N5O8S. The molecule has 1 saturated carbocycles. The Morgan fingerprint density at radius 3 is 2.58 bits per heavy atom. The third kappa shape index (κ3) is 7.64. The van der Waals surface area contributed by atoms with E-state index < -0.39 is 45.9 Å². The van der Waals surface area contributed by atoms with Gasteiger partial charge >= 0.3 is 5.97 Å². The summed E-state index contributed by atoms with van der Waals surface area (Å²) in [6.45, 7) is 0.758. The Morgan fingerprint density at radius 1 is 1.09 bits per heavy atom. The number of hydrogen-bond donors (Lipinski definition) is 2. The van der Waals surface area contributed by atoms with Gasteiger partial charge in [0.25, 0.3) is 17.7 Å². The molecule has 13 nitrogen and oxygen atoms in total. The summed E-state index contributed by atoms with van der Waals surface area (Å²) in [7, 11) is -3.62. The SMILES string of the molecule is CC(=O)OCc1nc(CONC(=O)C2c3ccccc3C(=O)N(C3CCCCC3NS(C)(=O)=O)C2c2ccc(Cl)cc2Cl)no1. The minimum atomic E-state index is -3.62. The van der Waals surface area contributed by atoms with Crippen LogP contribution in [0.15, 0.2) is 47.0 Å². The van der Waals surface area contributed by atoms with E-state index in [0.717, 1.165) is 19.1 Å². The summed E-state index contributed by atoms with van der Waals surface area (Å²) < 4.78 is 37.3. The molecular weight excluding hydrogens is 649 g/mol. The monoisotopic (exact) mass is 679 g/mol. The van der Waals surface area contributed by atoms with Gasteiger partial charge in [-0.15, -0.1) is 0 Å². The van der Waals surface area contributed by atoms with Gasteiger partial charge in [-0.25, -0.2) is 18.6 Å². The van der Waals surface area contributed by atoms with E-state index in [9.17, 15) is 22.8 Å². The molecule has 0 radical (unpaired) electrons. The number of esters is 1. The van der Waals surface area contributed by atoms with E-state index in [1.165, 1.54) is 13.0 Å². The number of aromatic nitrogens is 2. The molecule has 2 amide bonds. The van der Waals surface area contributed by atoms with Crippen LogP contribution in [-0.4, -0.2) is 59.6 Å². The lowest BCUT2D eigenvalue weighted by Crippen LogP contribution is -2.59. The van der Waals surface area contributed by atoms with Crippen LogP contribution in [0.1, 0.15) is 77.8 Å². The largest absolute Gasteiger partial charge is 0.456 e. The van der Waals surface area contributed by atoms with Crippen molar-refractivity contribution in [2.75, 3.05) is 6.26 Å². The number of fused-ring (bicyclic) bond motifs is 1. The van der Waals surface area contributed by atoms with Gasteiger partial charge in [-0.3, -0.25) is 19.2 Å². The molecule has 2 N–H and O–H groups in total. The van der Waals surface area contributed by atoms with Crippen LogP contribution in [0.4, 0.5) is 0 Å². The molecule has 0 saturated heterocycles. The molecule has 5 rings (SSSR count). The maximum Gasteiger partial charge on any atom is 0.303 e. The van der Waals surface area contributed by atoms with Crippen molar-refractivity contribution in [3.8, 4) is 0 Å². The molecule has 1 aliphatic heterocycles. The summed E-state index contributed by atoms with van der Waals surface area (Å²) in [5.74, 6) is -2.35. The van der Waals surface area contributed by atoms with Crippen LogP contribution >= 0.6 is 23.2 Å². The first-order chi connectivity index (χ1) is 21.4. The first kappa shape index (κ1) is 32.8. The molecule has 0 spiro atoms. The number of nitrogens with one attached hydrogen (secondary N) is 2. The maximum atomic E-state index is 14.3. The van der Waals surface area contributed by atoms with Crippen molar-refractivity contribution in [2.45, 2.75) is 69.9 Å². The number of amides is 2. The highest BCUT2D eigenvalue weighted by Gasteiger charge is 2.49. The van der Waals surface area contributed by atoms with Gasteiger partial charge in [0, 0.05) is 34.6 Å². The second-order valence-corrected chi connectivity index (χ2v) is 13.5. The van der Waals surface area contributed by atoms with E-state index in [4.69, 9.17) is 37.3 Å². The molecule has 4 unspecified atom stereocenters. The van der Waals surface area contributed by atoms with Crippen molar-refractivity contribution in [1.29, 1.82) is 0 Å². The zero-order valence-corrected chi connectivity index (χ0v) is 26.7. The molecule has 4 atom stereocenters. The second-order valence-electron chi connectivity index (χ2n) is 10.9. The van der Waals surface area contributed by atoms with Crippen LogP contribution in [0.25, 0.3) is 0 Å². The number of hydroxylamine groups is 1. The van der Waals surface area contributed by atoms with Crippen molar-refractivity contribution < 1.29 is 36.9 Å². The van der Waals surface area contributed by atoms with E-state index in [0.29, 0.717) is 34.6 Å². The smallest absolute Gasteiger partial charge is 0.303 e. The summed E-state index contributed by atoms with van der Waals surface area (Å²) in [5, 5.41) is 4.35. The lowest BCUT2D eigenvalue weighted by atomic mass is 9.76. The fourth-order valence-electron chi connectivity index (χ4n) is 5.93. The highest BCUT2D eigenvalue weighted by molar-refractivity contribution is 7.88. The molecule has 2 aromatic carbocycles. The third-order valence-electron chi connectivity index (χ3n) is 7.68. The molecule has 1 fully saturated rings. The minimum Gasteiger partial charge on any atom is -0.456 e. The predicted octanol–water partition coefficient (Wildman–Crippen LogP) is 3.83. The maximum absolute atomic E-state index is 14.3. The summed E-state index contributed by atoms with van der Waals surface area (Å²) in [4.78, 5) is 50.5. The van der Waals surface area contributed by atoms with E-state index in [2.05, 4.69) is 20.3 Å². The molecule has 3 aromatic rings. The number of carbonyl (C=O) groups excluding carboxylic acids is 3. The van der Waals surface area contributed by atoms with Gasteiger partial charge in [0.05, 0.1) is 18.2 Å². The standard InChI is InChI=1S/C29H31Cl2N5O8S/c1-16(37)42-15-25-32-24(33-44-25)14-43-34-28(38)26-18-7-3-4-8-19(18)29(39)36(27(26)20-12-11-17(30)13-21(20)31)23-10-6-5-9-22(23)35-45(2,40)41/h3-4,7-8,11-13,22-23,26-27,35H,5-6,9-10,14-15H2,1-2H3,(H,34,38). The number of halogens is 2. The van der Waals surface area contributed by atoms with Crippen LogP contribution in [-0.2, 0) is 42.4 Å². The second kappa shape index (κ2) is 13.8. The Balaban J connectivity index is 1.51. The molecule has 2 heterocycles. The zero-order valence-electron chi connectivity index (χ0n) is 24.4. The predicted molar refractivity (Wildman–Crippen MR) is 161 cm³/mol. The normalized spacial score (nSPS) is 21.7. The Hall–Kier alpha value is -3.56. The van der Waals surface area contributed by atoms with Gasteiger partial charge in [0.2, 0.25) is 10.0 Å². The quantitative estimate of drug-likeness (QED) is 0.237. The number of sulfonamides is 1. The highest BCUT2D eigenvalue weighted by atomic mass is 35.5. The van der Waals surface area contributed by atoms with Crippen molar-refractivity contribution in [3.63, 3.8) is 0 Å². The van der Waals surface area contributed by atoms with Gasteiger partial charge < -0.3 is 14.2 Å². The van der Waals surface area contributed by atoms with Crippen molar-refractivity contribution in [2.24, 2.45) is 0 Å². The number of rotatable bonds is 10.